The number of nitrogens with one attached hydrogen (secondary N) is 3. The molecular formula is C24H32N5O3P. The number of benzene rings is 2. The van der Waals surface area contributed by atoms with E-state index in [-0.39, 0.29) is 24.3 Å². The van der Waals surface area contributed by atoms with Crippen LogP contribution in [0.5, 0.6) is 5.75 Å². The van der Waals surface area contributed by atoms with Gasteiger partial charge in [0.1, 0.15) is 12.4 Å². The highest BCUT2D eigenvalue weighted by molar-refractivity contribution is 7.28. The fourth-order valence-electron chi connectivity index (χ4n) is 4.29. The number of fused-ring (bicyclic) bond motifs is 1. The van der Waals surface area contributed by atoms with Gasteiger partial charge < -0.3 is 25.0 Å². The van der Waals surface area contributed by atoms with Gasteiger partial charge in [-0.3, -0.25) is 15.1 Å². The van der Waals surface area contributed by atoms with Crippen LogP contribution in [0.3, 0.4) is 0 Å². The summed E-state index contributed by atoms with van der Waals surface area (Å²) in [6.45, 7) is 2.77. The molecule has 2 aliphatic rings. The maximum Gasteiger partial charge on any atom is 0.233 e. The van der Waals surface area contributed by atoms with Crippen molar-refractivity contribution < 1.29 is 14.3 Å². The summed E-state index contributed by atoms with van der Waals surface area (Å²) in [6.07, 6.45) is 1.69. The molecule has 1 atom stereocenters. The summed E-state index contributed by atoms with van der Waals surface area (Å²) in [6, 6.07) is 12.0. The highest BCUT2D eigenvalue weighted by Gasteiger charge is 2.29. The second kappa shape index (κ2) is 10.4. The second-order valence-electron chi connectivity index (χ2n) is 8.34. The van der Waals surface area contributed by atoms with Crippen LogP contribution in [-0.4, -0.2) is 63.3 Å². The van der Waals surface area contributed by atoms with Crippen LogP contribution in [-0.2, 0) is 16.0 Å². The third kappa shape index (κ3) is 5.23. The van der Waals surface area contributed by atoms with Crippen molar-refractivity contribution >= 4 is 43.5 Å². The Kier molecular flexibility index (Phi) is 7.36. The molecule has 33 heavy (non-hydrogen) atoms. The van der Waals surface area contributed by atoms with Crippen LogP contribution in [0.25, 0.3) is 0 Å². The SMILES string of the molecule is CNC(=N)N(C(=O)Cc1cccc(Nc2ccc3c(c2)OCCN3C)c1P)C1CCOCC1. The van der Waals surface area contributed by atoms with E-state index in [0.29, 0.717) is 19.8 Å². The van der Waals surface area contributed by atoms with E-state index in [0.717, 1.165) is 53.1 Å². The quantitative estimate of drug-likeness (QED) is 0.354. The molecule has 0 saturated carbocycles. The molecule has 0 aromatic heterocycles. The fourth-order valence-corrected chi connectivity index (χ4v) is 4.66. The molecule has 3 N–H and O–H groups in total. The monoisotopic (exact) mass is 469 g/mol. The highest BCUT2D eigenvalue weighted by atomic mass is 31.0. The van der Waals surface area contributed by atoms with Gasteiger partial charge in [-0.1, -0.05) is 12.1 Å². The molecule has 1 saturated heterocycles. The van der Waals surface area contributed by atoms with Crippen LogP contribution in [0, 0.1) is 5.41 Å². The number of hydrogen-bond acceptors (Lipinski definition) is 6. The molecule has 4 rings (SSSR count). The zero-order valence-corrected chi connectivity index (χ0v) is 20.3. The van der Waals surface area contributed by atoms with Crippen LogP contribution < -0.4 is 25.6 Å². The molecule has 2 aromatic carbocycles. The van der Waals surface area contributed by atoms with Crippen LogP contribution in [0.4, 0.5) is 17.1 Å². The highest BCUT2D eigenvalue weighted by Crippen LogP contribution is 2.34. The van der Waals surface area contributed by atoms with Gasteiger partial charge in [-0.25, -0.2) is 0 Å². The molecule has 9 heteroatoms. The van der Waals surface area contributed by atoms with Crippen molar-refractivity contribution in [2.24, 2.45) is 0 Å². The minimum atomic E-state index is -0.0904. The number of nitrogens with zero attached hydrogens (tertiary/aromatic N) is 2. The van der Waals surface area contributed by atoms with E-state index in [1.165, 1.54) is 0 Å². The van der Waals surface area contributed by atoms with Gasteiger partial charge in [0.05, 0.1) is 18.7 Å². The number of anilines is 3. The molecular weight excluding hydrogens is 437 g/mol. The Bertz CT molecular complexity index is 1030. The third-order valence-corrected chi connectivity index (χ3v) is 6.86. The van der Waals surface area contributed by atoms with Crippen LogP contribution in [0.1, 0.15) is 18.4 Å². The lowest BCUT2D eigenvalue weighted by molar-refractivity contribution is -0.129. The first-order valence-corrected chi connectivity index (χ1v) is 11.8. The molecule has 1 amide bonds. The first kappa shape index (κ1) is 23.3. The molecule has 1 unspecified atom stereocenters. The summed E-state index contributed by atoms with van der Waals surface area (Å²) in [5.74, 6) is 0.904. The van der Waals surface area contributed by atoms with Crippen molar-refractivity contribution in [2.45, 2.75) is 25.3 Å². The van der Waals surface area contributed by atoms with Gasteiger partial charge in [-0.15, -0.1) is 9.24 Å². The number of amides is 1. The van der Waals surface area contributed by atoms with E-state index in [1.807, 2.05) is 30.3 Å². The standard InChI is InChI=1S/C24H32N5O3P/c1-26-24(25)29(18-8-11-31-12-9-18)22(30)14-16-4-3-5-19(23(16)33)27-17-6-7-20-21(15-17)32-13-10-28(20)2/h3-7,15,18,27H,8-14,33H2,1-2H3,(H2,25,26). The summed E-state index contributed by atoms with van der Waals surface area (Å²) in [4.78, 5) is 17.0. The average Bonchev–Trinajstić information content (AvgIpc) is 2.82. The fraction of sp³-hybridized carbons (Fsp3) is 0.417. The zero-order valence-electron chi connectivity index (χ0n) is 19.2. The summed E-state index contributed by atoms with van der Waals surface area (Å²) in [5, 5.41) is 15.5. The summed E-state index contributed by atoms with van der Waals surface area (Å²) >= 11 is 0. The molecule has 0 radical (unpaired) electrons. The van der Waals surface area contributed by atoms with Crippen LogP contribution >= 0.6 is 9.24 Å². The molecule has 0 bridgehead atoms. The molecule has 2 aromatic rings. The van der Waals surface area contributed by atoms with E-state index in [4.69, 9.17) is 14.9 Å². The lowest BCUT2D eigenvalue weighted by atomic mass is 10.0. The van der Waals surface area contributed by atoms with E-state index in [9.17, 15) is 4.79 Å². The van der Waals surface area contributed by atoms with Crippen LogP contribution in [0.2, 0.25) is 0 Å². The molecule has 1 fully saturated rings. The molecule has 176 valence electrons. The largest absolute Gasteiger partial charge is 0.489 e. The first-order valence-electron chi connectivity index (χ1n) is 11.3. The van der Waals surface area contributed by atoms with Crippen molar-refractivity contribution in [3.63, 3.8) is 0 Å². The molecule has 2 heterocycles. The lowest BCUT2D eigenvalue weighted by Gasteiger charge is -2.34. The minimum absolute atomic E-state index is 0.0194. The number of carbonyl (C=O) groups is 1. The summed E-state index contributed by atoms with van der Waals surface area (Å²) < 4.78 is 11.3. The van der Waals surface area contributed by atoms with Crippen molar-refractivity contribution in [1.82, 2.24) is 10.2 Å². The Labute approximate surface area is 197 Å². The summed E-state index contributed by atoms with van der Waals surface area (Å²) in [5.41, 5.74) is 3.83. The number of hydrogen-bond donors (Lipinski definition) is 3. The van der Waals surface area contributed by atoms with Gasteiger partial charge >= 0.3 is 0 Å². The predicted molar refractivity (Wildman–Crippen MR) is 135 cm³/mol. The Morgan fingerprint density at radius 2 is 2.03 bits per heavy atom. The van der Waals surface area contributed by atoms with Gasteiger partial charge in [0.2, 0.25) is 5.91 Å². The molecule has 0 spiro atoms. The van der Waals surface area contributed by atoms with Gasteiger partial charge in [0.25, 0.3) is 0 Å². The Morgan fingerprint density at radius 1 is 1.24 bits per heavy atom. The number of guanidine groups is 1. The van der Waals surface area contributed by atoms with E-state index in [2.05, 4.69) is 37.9 Å². The number of rotatable bonds is 5. The topological polar surface area (TPSA) is 89.9 Å². The Balaban J connectivity index is 1.52. The molecule has 0 aliphatic carbocycles. The summed E-state index contributed by atoms with van der Waals surface area (Å²) in [7, 11) is 6.50. The van der Waals surface area contributed by atoms with Crippen molar-refractivity contribution in [3.05, 3.63) is 42.0 Å². The third-order valence-electron chi connectivity index (χ3n) is 6.17. The van der Waals surface area contributed by atoms with Crippen molar-refractivity contribution in [2.75, 3.05) is 50.7 Å². The second-order valence-corrected chi connectivity index (χ2v) is 8.92. The Hall–Kier alpha value is -2.83. The number of likely N-dealkylation sites (N-methyl/N-ethyl adjacent to an activating group) is 1. The van der Waals surface area contributed by atoms with E-state index < -0.39 is 0 Å². The minimum Gasteiger partial charge on any atom is -0.489 e. The maximum atomic E-state index is 13.3. The number of carbonyl (C=O) groups excluding carboxylic acids is 1. The maximum absolute atomic E-state index is 13.3. The van der Waals surface area contributed by atoms with Crippen LogP contribution in [0.15, 0.2) is 36.4 Å². The average molecular weight is 470 g/mol. The van der Waals surface area contributed by atoms with Gasteiger partial charge in [-0.2, -0.15) is 0 Å². The van der Waals surface area contributed by atoms with Crippen molar-refractivity contribution in [1.29, 1.82) is 5.41 Å². The smallest absolute Gasteiger partial charge is 0.233 e. The number of ether oxygens (including phenoxy) is 2. The van der Waals surface area contributed by atoms with Gasteiger partial charge in [0.15, 0.2) is 5.96 Å². The molecule has 2 aliphatic heterocycles. The lowest BCUT2D eigenvalue weighted by Crippen LogP contribution is -2.51. The Morgan fingerprint density at radius 3 is 2.79 bits per heavy atom. The normalized spacial score (nSPS) is 15.9. The van der Waals surface area contributed by atoms with E-state index >= 15 is 0 Å². The zero-order chi connectivity index (χ0) is 23.4. The van der Waals surface area contributed by atoms with Gasteiger partial charge in [0, 0.05) is 50.8 Å². The predicted octanol–water partition coefficient (Wildman–Crippen LogP) is 2.46. The van der Waals surface area contributed by atoms with Gasteiger partial charge in [-0.05, 0) is 41.9 Å². The van der Waals surface area contributed by atoms with E-state index in [1.54, 1.807) is 11.9 Å². The molecule has 8 nitrogen and oxygen atoms in total. The first-order chi connectivity index (χ1) is 16.0. The van der Waals surface area contributed by atoms with Crippen molar-refractivity contribution in [3.8, 4) is 5.75 Å².